The van der Waals surface area contributed by atoms with Gasteiger partial charge in [-0.1, -0.05) is 53.1 Å². The molecule has 0 N–H and O–H groups in total. The van der Waals surface area contributed by atoms with Crippen molar-refractivity contribution < 1.29 is 4.74 Å². The summed E-state index contributed by atoms with van der Waals surface area (Å²) in [7, 11) is 0. The minimum atomic E-state index is -0.385. The molecule has 0 bridgehead atoms. The molecule has 1 fully saturated rings. The lowest BCUT2D eigenvalue weighted by molar-refractivity contribution is -0.0471. The predicted molar refractivity (Wildman–Crippen MR) is 95.9 cm³/mol. The topological polar surface area (TPSA) is 56.1 Å². The molecule has 3 aromatic rings. The number of hydrogen-bond acceptors (Lipinski definition) is 5. The zero-order chi connectivity index (χ0) is 17.3. The lowest BCUT2D eigenvalue weighted by atomic mass is 9.94. The van der Waals surface area contributed by atoms with Gasteiger partial charge >= 0.3 is 0 Å². The molecule has 0 radical (unpaired) electrons. The molecule has 6 nitrogen and oxygen atoms in total. The van der Waals surface area contributed by atoms with Gasteiger partial charge in [0, 0.05) is 6.54 Å². The number of aromatic nitrogens is 4. The number of anilines is 1. The number of morpholine rings is 1. The Bertz CT molecular complexity index is 846. The van der Waals surface area contributed by atoms with E-state index in [1.807, 2.05) is 30.3 Å². The molecule has 128 valence electrons. The smallest absolute Gasteiger partial charge is 0.250 e. The van der Waals surface area contributed by atoms with Gasteiger partial charge in [-0.05, 0) is 42.0 Å². The predicted octanol–water partition coefficient (Wildman–Crippen LogP) is 2.72. The van der Waals surface area contributed by atoms with Crippen LogP contribution in [-0.2, 0) is 10.3 Å². The zero-order valence-electron chi connectivity index (χ0n) is 14.5. The number of tetrazole rings is 1. The average Bonchev–Trinajstić information content (AvgIpc) is 3.13. The number of hydrogen-bond donors (Lipinski definition) is 0. The van der Waals surface area contributed by atoms with Crippen molar-refractivity contribution in [2.45, 2.75) is 19.4 Å². The second-order valence-corrected chi connectivity index (χ2v) is 6.59. The van der Waals surface area contributed by atoms with E-state index in [4.69, 9.17) is 4.74 Å². The lowest BCUT2D eigenvalue weighted by Gasteiger charge is -2.40. The third kappa shape index (κ3) is 3.00. The normalized spacial score (nSPS) is 20.6. The molecule has 1 saturated heterocycles. The van der Waals surface area contributed by atoms with Gasteiger partial charge in [-0.2, -0.15) is 4.68 Å². The summed E-state index contributed by atoms with van der Waals surface area (Å²) in [6.07, 6.45) is 0. The highest BCUT2D eigenvalue weighted by atomic mass is 16.5. The molecule has 2 aromatic carbocycles. The van der Waals surface area contributed by atoms with E-state index >= 15 is 0 Å². The van der Waals surface area contributed by atoms with E-state index in [9.17, 15) is 0 Å². The average molecular weight is 335 g/mol. The Morgan fingerprint density at radius 1 is 1.04 bits per heavy atom. The molecule has 0 amide bonds. The maximum atomic E-state index is 6.12. The van der Waals surface area contributed by atoms with Crippen molar-refractivity contribution in [1.82, 2.24) is 20.2 Å². The second-order valence-electron chi connectivity index (χ2n) is 6.59. The van der Waals surface area contributed by atoms with E-state index in [-0.39, 0.29) is 5.60 Å². The van der Waals surface area contributed by atoms with Crippen LogP contribution in [0.2, 0.25) is 0 Å². The minimum absolute atomic E-state index is 0.385. The van der Waals surface area contributed by atoms with Gasteiger partial charge in [0.15, 0.2) is 0 Å². The summed E-state index contributed by atoms with van der Waals surface area (Å²) in [4.78, 5) is 2.19. The fraction of sp³-hybridized carbons (Fsp3) is 0.316. The third-order valence-electron chi connectivity index (χ3n) is 4.67. The Hall–Kier alpha value is -2.73. The first kappa shape index (κ1) is 15.8. The molecule has 1 atom stereocenters. The molecule has 1 aliphatic heterocycles. The van der Waals surface area contributed by atoms with Crippen molar-refractivity contribution in [3.05, 3.63) is 65.7 Å². The summed E-state index contributed by atoms with van der Waals surface area (Å²) in [6, 6.07) is 18.5. The number of nitrogens with zero attached hydrogens (tertiary/aromatic N) is 5. The minimum Gasteiger partial charge on any atom is -0.367 e. The van der Waals surface area contributed by atoms with Gasteiger partial charge in [-0.3, -0.25) is 0 Å². The van der Waals surface area contributed by atoms with Crippen LogP contribution in [-0.4, -0.2) is 39.9 Å². The van der Waals surface area contributed by atoms with Crippen LogP contribution in [0.4, 0.5) is 5.95 Å². The summed E-state index contributed by atoms with van der Waals surface area (Å²) in [5, 5.41) is 12.4. The van der Waals surface area contributed by atoms with Gasteiger partial charge in [0.2, 0.25) is 0 Å². The van der Waals surface area contributed by atoms with E-state index in [1.165, 1.54) is 5.56 Å². The largest absolute Gasteiger partial charge is 0.367 e. The molecular formula is C19H21N5O. The molecule has 1 aromatic heterocycles. The highest BCUT2D eigenvalue weighted by molar-refractivity contribution is 5.43. The summed E-state index contributed by atoms with van der Waals surface area (Å²) in [5.74, 6) is 0.745. The molecule has 0 spiro atoms. The van der Waals surface area contributed by atoms with Crippen LogP contribution in [0.1, 0.15) is 18.1 Å². The molecular weight excluding hydrogens is 314 g/mol. The summed E-state index contributed by atoms with van der Waals surface area (Å²) < 4.78 is 7.91. The van der Waals surface area contributed by atoms with Gasteiger partial charge in [-0.15, -0.1) is 0 Å². The number of ether oxygens (including phenoxy) is 1. The Morgan fingerprint density at radius 3 is 2.56 bits per heavy atom. The quantitative estimate of drug-likeness (QED) is 0.737. The SMILES string of the molecule is Cc1ccc(-n2nnnc2N2CCOC(C)(c3ccccc3)C2)cc1. The van der Waals surface area contributed by atoms with Gasteiger partial charge in [0.25, 0.3) is 5.95 Å². The van der Waals surface area contributed by atoms with E-state index in [0.717, 1.165) is 23.7 Å². The van der Waals surface area contributed by atoms with Gasteiger partial charge < -0.3 is 9.64 Å². The van der Waals surface area contributed by atoms with Gasteiger partial charge in [0.1, 0.15) is 5.60 Å². The van der Waals surface area contributed by atoms with E-state index in [0.29, 0.717) is 13.2 Å². The second kappa shape index (κ2) is 6.29. The maximum absolute atomic E-state index is 6.12. The fourth-order valence-electron chi connectivity index (χ4n) is 3.24. The zero-order valence-corrected chi connectivity index (χ0v) is 14.5. The van der Waals surface area contributed by atoms with E-state index in [1.54, 1.807) is 4.68 Å². The summed E-state index contributed by atoms with van der Waals surface area (Å²) in [6.45, 7) is 6.27. The Kier molecular flexibility index (Phi) is 3.97. The number of benzene rings is 2. The fourth-order valence-corrected chi connectivity index (χ4v) is 3.24. The van der Waals surface area contributed by atoms with Crippen molar-refractivity contribution in [3.8, 4) is 5.69 Å². The van der Waals surface area contributed by atoms with Crippen molar-refractivity contribution in [1.29, 1.82) is 0 Å². The first-order valence-electron chi connectivity index (χ1n) is 8.46. The van der Waals surface area contributed by atoms with Gasteiger partial charge in [0.05, 0.1) is 18.8 Å². The number of rotatable bonds is 3. The molecule has 0 saturated carbocycles. The maximum Gasteiger partial charge on any atom is 0.250 e. The van der Waals surface area contributed by atoms with E-state index < -0.39 is 0 Å². The lowest BCUT2D eigenvalue weighted by Crippen LogP contribution is -2.49. The monoisotopic (exact) mass is 335 g/mol. The molecule has 2 heterocycles. The third-order valence-corrected chi connectivity index (χ3v) is 4.67. The Labute approximate surface area is 147 Å². The van der Waals surface area contributed by atoms with Crippen LogP contribution >= 0.6 is 0 Å². The summed E-state index contributed by atoms with van der Waals surface area (Å²) in [5.41, 5.74) is 2.94. The molecule has 4 rings (SSSR count). The van der Waals surface area contributed by atoms with Crippen LogP contribution < -0.4 is 4.90 Å². The summed E-state index contributed by atoms with van der Waals surface area (Å²) >= 11 is 0. The Morgan fingerprint density at radius 2 is 1.80 bits per heavy atom. The van der Waals surface area contributed by atoms with Crippen LogP contribution in [0.3, 0.4) is 0 Å². The highest BCUT2D eigenvalue weighted by Crippen LogP contribution is 2.31. The highest BCUT2D eigenvalue weighted by Gasteiger charge is 2.35. The van der Waals surface area contributed by atoms with Crippen molar-refractivity contribution >= 4 is 5.95 Å². The van der Waals surface area contributed by atoms with Gasteiger partial charge in [-0.25, -0.2) is 0 Å². The van der Waals surface area contributed by atoms with Crippen LogP contribution in [0, 0.1) is 6.92 Å². The first-order chi connectivity index (χ1) is 12.2. The molecule has 25 heavy (non-hydrogen) atoms. The van der Waals surface area contributed by atoms with Crippen molar-refractivity contribution in [2.75, 3.05) is 24.6 Å². The van der Waals surface area contributed by atoms with Crippen molar-refractivity contribution in [2.24, 2.45) is 0 Å². The molecule has 6 heteroatoms. The van der Waals surface area contributed by atoms with Crippen molar-refractivity contribution in [3.63, 3.8) is 0 Å². The number of aryl methyl sites for hydroxylation is 1. The standard InChI is InChI=1S/C19H21N5O/c1-15-8-10-17(11-9-15)24-18(20-21-22-24)23-12-13-25-19(2,14-23)16-6-4-3-5-7-16/h3-11H,12-14H2,1-2H3. The molecule has 0 aliphatic carbocycles. The van der Waals surface area contributed by atoms with Crippen LogP contribution in [0.25, 0.3) is 5.69 Å². The Balaban J connectivity index is 1.65. The van der Waals surface area contributed by atoms with E-state index in [2.05, 4.69) is 58.5 Å². The van der Waals surface area contributed by atoms with Crippen LogP contribution in [0.5, 0.6) is 0 Å². The first-order valence-corrected chi connectivity index (χ1v) is 8.46. The molecule has 1 unspecified atom stereocenters. The van der Waals surface area contributed by atoms with Crippen LogP contribution in [0.15, 0.2) is 54.6 Å². The molecule has 1 aliphatic rings.